The van der Waals surface area contributed by atoms with E-state index in [2.05, 4.69) is 0 Å². The number of ether oxygens (including phenoxy) is 2. The van der Waals surface area contributed by atoms with Crippen LogP contribution in [0.3, 0.4) is 0 Å². The summed E-state index contributed by atoms with van der Waals surface area (Å²) >= 11 is 0. The zero-order chi connectivity index (χ0) is 19.0. The molecular weight excluding hydrogens is 340 g/mol. The van der Waals surface area contributed by atoms with E-state index in [-0.39, 0.29) is 23.5 Å². The standard InChI is InChI=1S/C23H22O4/c1-23(2)13-12-18-19(22(25)26-14-15-8-4-3-5-9-15)20(24)16-10-6-7-11-17(16)21(18)27-23/h3-11,24H,12-14H2,1-2H3. The van der Waals surface area contributed by atoms with Crippen LogP contribution in [-0.4, -0.2) is 16.7 Å². The maximum Gasteiger partial charge on any atom is 0.342 e. The molecule has 4 nitrogen and oxygen atoms in total. The lowest BCUT2D eigenvalue weighted by Crippen LogP contribution is -2.33. The van der Waals surface area contributed by atoms with Gasteiger partial charge in [0.2, 0.25) is 0 Å². The summed E-state index contributed by atoms with van der Waals surface area (Å²) in [6.07, 6.45) is 1.41. The molecular formula is C23H22O4. The van der Waals surface area contributed by atoms with E-state index < -0.39 is 5.97 Å². The number of carbonyl (C=O) groups is 1. The fraction of sp³-hybridized carbons (Fsp3) is 0.261. The number of phenols is 1. The minimum atomic E-state index is -0.526. The van der Waals surface area contributed by atoms with Gasteiger partial charge in [-0.3, -0.25) is 0 Å². The second-order valence-electron chi connectivity index (χ2n) is 7.50. The van der Waals surface area contributed by atoms with Gasteiger partial charge in [0.25, 0.3) is 0 Å². The molecule has 0 fully saturated rings. The van der Waals surface area contributed by atoms with Gasteiger partial charge in [-0.2, -0.15) is 0 Å². The summed E-state index contributed by atoms with van der Waals surface area (Å²) in [4.78, 5) is 12.9. The Morgan fingerprint density at radius 3 is 2.48 bits per heavy atom. The molecule has 0 unspecified atom stereocenters. The molecule has 3 aromatic rings. The van der Waals surface area contributed by atoms with Crippen molar-refractivity contribution in [3.63, 3.8) is 0 Å². The summed E-state index contributed by atoms with van der Waals surface area (Å²) in [6.45, 7) is 4.23. The minimum Gasteiger partial charge on any atom is -0.506 e. The van der Waals surface area contributed by atoms with Crippen molar-refractivity contribution < 1.29 is 19.4 Å². The molecule has 1 heterocycles. The fourth-order valence-corrected chi connectivity index (χ4v) is 3.56. The minimum absolute atomic E-state index is 0.0364. The second kappa shape index (κ2) is 6.62. The van der Waals surface area contributed by atoms with Gasteiger partial charge in [0.1, 0.15) is 29.3 Å². The van der Waals surface area contributed by atoms with Crippen molar-refractivity contribution >= 4 is 16.7 Å². The Labute approximate surface area is 158 Å². The van der Waals surface area contributed by atoms with Gasteiger partial charge in [0, 0.05) is 16.3 Å². The molecule has 0 atom stereocenters. The highest BCUT2D eigenvalue weighted by Crippen LogP contribution is 2.45. The van der Waals surface area contributed by atoms with E-state index in [4.69, 9.17) is 9.47 Å². The Bertz CT molecular complexity index is 1010. The first-order valence-corrected chi connectivity index (χ1v) is 9.13. The Morgan fingerprint density at radius 1 is 1.07 bits per heavy atom. The molecule has 0 saturated carbocycles. The van der Waals surface area contributed by atoms with Gasteiger partial charge >= 0.3 is 5.97 Å². The average molecular weight is 362 g/mol. The van der Waals surface area contributed by atoms with Gasteiger partial charge in [-0.05, 0) is 32.3 Å². The third kappa shape index (κ3) is 3.23. The number of rotatable bonds is 3. The number of hydrogen-bond donors (Lipinski definition) is 1. The average Bonchev–Trinajstić information content (AvgIpc) is 2.67. The van der Waals surface area contributed by atoms with E-state index in [0.717, 1.165) is 22.9 Å². The largest absolute Gasteiger partial charge is 0.506 e. The van der Waals surface area contributed by atoms with E-state index in [1.54, 1.807) is 6.07 Å². The molecule has 0 bridgehead atoms. The van der Waals surface area contributed by atoms with Crippen LogP contribution in [0, 0.1) is 0 Å². The van der Waals surface area contributed by atoms with Gasteiger partial charge < -0.3 is 14.6 Å². The number of carbonyl (C=O) groups excluding carboxylic acids is 1. The summed E-state index contributed by atoms with van der Waals surface area (Å²) in [7, 11) is 0. The van der Waals surface area contributed by atoms with Gasteiger partial charge in [-0.15, -0.1) is 0 Å². The first-order chi connectivity index (χ1) is 13.0. The Balaban J connectivity index is 1.78. The number of benzene rings is 3. The molecule has 1 aliphatic rings. The van der Waals surface area contributed by atoms with Crippen LogP contribution >= 0.6 is 0 Å². The summed E-state index contributed by atoms with van der Waals surface area (Å²) in [6, 6.07) is 16.9. The van der Waals surface area contributed by atoms with Crippen molar-refractivity contribution in [3.8, 4) is 11.5 Å². The lowest BCUT2D eigenvalue weighted by Gasteiger charge is -2.34. The molecule has 27 heavy (non-hydrogen) atoms. The van der Waals surface area contributed by atoms with Crippen LogP contribution in [0.1, 0.15) is 41.8 Å². The van der Waals surface area contributed by atoms with Crippen LogP contribution in [0.25, 0.3) is 10.8 Å². The molecule has 0 radical (unpaired) electrons. The molecule has 1 N–H and O–H groups in total. The van der Waals surface area contributed by atoms with Crippen LogP contribution < -0.4 is 4.74 Å². The molecule has 0 spiro atoms. The summed E-state index contributed by atoms with van der Waals surface area (Å²) in [5.74, 6) is 0.110. The van der Waals surface area contributed by atoms with E-state index in [9.17, 15) is 9.90 Å². The van der Waals surface area contributed by atoms with Crippen molar-refractivity contribution in [2.75, 3.05) is 0 Å². The molecule has 1 aliphatic heterocycles. The van der Waals surface area contributed by atoms with Crippen molar-refractivity contribution in [3.05, 3.63) is 71.3 Å². The highest BCUT2D eigenvalue weighted by atomic mass is 16.5. The molecule has 0 aromatic heterocycles. The highest BCUT2D eigenvalue weighted by Gasteiger charge is 2.34. The first kappa shape index (κ1) is 17.4. The Hall–Kier alpha value is -3.01. The number of aromatic hydroxyl groups is 1. The van der Waals surface area contributed by atoms with Crippen LogP contribution in [0.4, 0.5) is 0 Å². The lowest BCUT2D eigenvalue weighted by atomic mass is 9.88. The van der Waals surface area contributed by atoms with Gasteiger partial charge in [-0.1, -0.05) is 54.6 Å². The van der Waals surface area contributed by atoms with Crippen molar-refractivity contribution in [1.29, 1.82) is 0 Å². The van der Waals surface area contributed by atoms with Crippen LogP contribution in [0.5, 0.6) is 11.5 Å². The molecule has 138 valence electrons. The number of phenolic OH excluding ortho intramolecular Hbond substituents is 1. The van der Waals surface area contributed by atoms with Crippen LogP contribution in [-0.2, 0) is 17.8 Å². The maximum atomic E-state index is 12.9. The smallest absolute Gasteiger partial charge is 0.342 e. The third-order valence-corrected chi connectivity index (χ3v) is 5.01. The quantitative estimate of drug-likeness (QED) is 0.666. The van der Waals surface area contributed by atoms with Gasteiger partial charge in [0.15, 0.2) is 0 Å². The van der Waals surface area contributed by atoms with E-state index in [1.165, 1.54) is 0 Å². The monoisotopic (exact) mass is 362 g/mol. The molecule has 3 aromatic carbocycles. The van der Waals surface area contributed by atoms with Crippen molar-refractivity contribution in [1.82, 2.24) is 0 Å². The van der Waals surface area contributed by atoms with Crippen LogP contribution in [0.2, 0.25) is 0 Å². The topological polar surface area (TPSA) is 55.8 Å². The predicted molar refractivity (Wildman–Crippen MR) is 104 cm³/mol. The highest BCUT2D eigenvalue weighted by molar-refractivity contribution is 6.06. The number of esters is 1. The summed E-state index contributed by atoms with van der Waals surface area (Å²) in [5, 5.41) is 12.3. The van der Waals surface area contributed by atoms with Crippen molar-refractivity contribution in [2.24, 2.45) is 0 Å². The first-order valence-electron chi connectivity index (χ1n) is 9.13. The zero-order valence-corrected chi connectivity index (χ0v) is 15.5. The van der Waals surface area contributed by atoms with E-state index in [1.807, 2.05) is 62.4 Å². The van der Waals surface area contributed by atoms with Crippen LogP contribution in [0.15, 0.2) is 54.6 Å². The predicted octanol–water partition coefficient (Wildman–Crippen LogP) is 5.01. The maximum absolute atomic E-state index is 12.9. The summed E-state index contributed by atoms with van der Waals surface area (Å²) < 4.78 is 11.7. The van der Waals surface area contributed by atoms with Gasteiger partial charge in [0.05, 0.1) is 0 Å². The Kier molecular flexibility index (Phi) is 4.27. The second-order valence-corrected chi connectivity index (χ2v) is 7.50. The summed E-state index contributed by atoms with van der Waals surface area (Å²) in [5.41, 5.74) is 1.52. The fourth-order valence-electron chi connectivity index (χ4n) is 3.56. The third-order valence-electron chi connectivity index (χ3n) is 5.01. The Morgan fingerprint density at radius 2 is 1.74 bits per heavy atom. The van der Waals surface area contributed by atoms with Crippen molar-refractivity contribution in [2.45, 2.75) is 38.9 Å². The number of fused-ring (bicyclic) bond motifs is 3. The van der Waals surface area contributed by atoms with E-state index >= 15 is 0 Å². The molecule has 4 rings (SSSR count). The molecule has 0 aliphatic carbocycles. The van der Waals surface area contributed by atoms with Gasteiger partial charge in [-0.25, -0.2) is 4.79 Å². The number of hydrogen-bond acceptors (Lipinski definition) is 4. The lowest BCUT2D eigenvalue weighted by molar-refractivity contribution is 0.0459. The molecule has 4 heteroatoms. The normalized spacial score (nSPS) is 15.0. The molecule has 0 saturated heterocycles. The zero-order valence-electron chi connectivity index (χ0n) is 15.5. The SMILES string of the molecule is CC1(C)CCc2c(C(=O)OCc3ccccc3)c(O)c3ccccc3c2O1. The van der Waals surface area contributed by atoms with E-state index in [0.29, 0.717) is 17.6 Å². The molecule has 0 amide bonds.